The van der Waals surface area contributed by atoms with Crippen molar-refractivity contribution in [1.82, 2.24) is 0 Å². The second kappa shape index (κ2) is 6.72. The van der Waals surface area contributed by atoms with Crippen LogP contribution in [-0.2, 0) is 12.8 Å². The highest BCUT2D eigenvalue weighted by Crippen LogP contribution is 2.29. The summed E-state index contributed by atoms with van der Waals surface area (Å²) in [7, 11) is 0. The van der Waals surface area contributed by atoms with E-state index in [1.807, 2.05) is 6.92 Å². The van der Waals surface area contributed by atoms with E-state index in [9.17, 15) is 0 Å². The Bertz CT molecular complexity index is 512. The van der Waals surface area contributed by atoms with Crippen molar-refractivity contribution in [2.45, 2.75) is 65.7 Å². The highest BCUT2D eigenvalue weighted by Gasteiger charge is 2.18. The third kappa shape index (κ3) is 5.63. The normalized spacial score (nSPS) is 11.9. The Morgan fingerprint density at radius 3 is 2.05 bits per heavy atom. The van der Waals surface area contributed by atoms with Crippen LogP contribution in [0.5, 0.6) is 0 Å². The molecular formula is C19H28S. The predicted octanol–water partition coefficient (Wildman–Crippen LogP) is 5.55. The van der Waals surface area contributed by atoms with Gasteiger partial charge in [-0.05, 0) is 62.3 Å². The molecule has 1 aromatic carbocycles. The maximum atomic E-state index is 4.57. The zero-order valence-electron chi connectivity index (χ0n) is 13.8. The summed E-state index contributed by atoms with van der Waals surface area (Å²) in [6.07, 6.45) is 3.26. The molecule has 0 spiro atoms. The molecule has 110 valence electrons. The van der Waals surface area contributed by atoms with Crippen LogP contribution < -0.4 is 0 Å². The number of hydrogen-bond acceptors (Lipinski definition) is 1. The summed E-state index contributed by atoms with van der Waals surface area (Å²) in [6.45, 7) is 13.2. The van der Waals surface area contributed by atoms with Gasteiger partial charge in [-0.15, -0.1) is 18.5 Å². The van der Waals surface area contributed by atoms with Gasteiger partial charge in [-0.25, -0.2) is 0 Å². The van der Waals surface area contributed by atoms with Gasteiger partial charge in [0.25, 0.3) is 0 Å². The molecule has 0 unspecified atom stereocenters. The maximum Gasteiger partial charge on any atom is 0.0298 e. The molecule has 0 N–H and O–H groups in total. The fraction of sp³-hybridized carbons (Fsp3) is 0.579. The van der Waals surface area contributed by atoms with Crippen molar-refractivity contribution >= 4 is 12.6 Å². The summed E-state index contributed by atoms with van der Waals surface area (Å²) in [5, 5.41) is 0. The quantitative estimate of drug-likeness (QED) is 0.533. The Labute approximate surface area is 130 Å². The van der Waals surface area contributed by atoms with Gasteiger partial charge in [-0.3, -0.25) is 0 Å². The monoisotopic (exact) mass is 288 g/mol. The van der Waals surface area contributed by atoms with Crippen molar-refractivity contribution in [3.05, 3.63) is 29.3 Å². The second-order valence-electron chi connectivity index (χ2n) is 7.14. The lowest BCUT2D eigenvalue weighted by molar-refractivity contribution is 0.349. The van der Waals surface area contributed by atoms with Gasteiger partial charge in [0.2, 0.25) is 0 Å². The van der Waals surface area contributed by atoms with Crippen molar-refractivity contribution in [3.8, 4) is 11.8 Å². The summed E-state index contributed by atoms with van der Waals surface area (Å²) in [6, 6.07) is 6.70. The Hall–Kier alpha value is -0.870. The van der Waals surface area contributed by atoms with E-state index >= 15 is 0 Å². The smallest absolute Gasteiger partial charge is 0.0298 e. The Morgan fingerprint density at radius 1 is 1.00 bits per heavy atom. The van der Waals surface area contributed by atoms with Crippen molar-refractivity contribution in [2.75, 3.05) is 0 Å². The summed E-state index contributed by atoms with van der Waals surface area (Å²) in [5.74, 6) is 6.33. The minimum atomic E-state index is 0.0217. The molecule has 0 aliphatic carbocycles. The molecule has 0 amide bonds. The topological polar surface area (TPSA) is 0 Å². The van der Waals surface area contributed by atoms with Crippen molar-refractivity contribution in [3.63, 3.8) is 0 Å². The predicted molar refractivity (Wildman–Crippen MR) is 92.4 cm³/mol. The van der Waals surface area contributed by atoms with E-state index in [4.69, 9.17) is 0 Å². The molecule has 0 nitrogen and oxygen atoms in total. The SMILES string of the molecule is CC#CC(C)(C)Cc1cc(S)cc(CC(C)(C)CC)c1. The zero-order chi connectivity index (χ0) is 15.4. The minimum Gasteiger partial charge on any atom is -0.143 e. The number of benzene rings is 1. The standard InChI is InChI=1S/C19H28S/c1-7-9-19(5,6)14-16-10-15(11-17(20)12-16)13-18(3,4)8-2/h10-12,20H,8,13-14H2,1-6H3. The zero-order valence-corrected chi connectivity index (χ0v) is 14.7. The van der Waals surface area contributed by atoms with Crippen LogP contribution in [0.4, 0.5) is 0 Å². The molecule has 1 heteroatoms. The fourth-order valence-corrected chi connectivity index (χ4v) is 2.85. The molecule has 0 saturated heterocycles. The lowest BCUT2D eigenvalue weighted by atomic mass is 9.81. The van der Waals surface area contributed by atoms with E-state index in [2.05, 4.69) is 77.3 Å². The summed E-state index contributed by atoms with van der Waals surface area (Å²) in [4.78, 5) is 1.06. The molecule has 0 fully saturated rings. The molecular weight excluding hydrogens is 260 g/mol. The van der Waals surface area contributed by atoms with Gasteiger partial charge in [-0.2, -0.15) is 0 Å². The number of rotatable bonds is 5. The fourth-order valence-electron chi connectivity index (χ4n) is 2.52. The molecule has 0 aliphatic rings. The van der Waals surface area contributed by atoms with E-state index in [0.717, 1.165) is 17.7 Å². The molecule has 0 radical (unpaired) electrons. The van der Waals surface area contributed by atoms with E-state index in [0.29, 0.717) is 5.41 Å². The minimum absolute atomic E-state index is 0.0217. The first-order chi connectivity index (χ1) is 9.17. The first-order valence-corrected chi connectivity index (χ1v) is 7.88. The lowest BCUT2D eigenvalue weighted by Gasteiger charge is -2.24. The van der Waals surface area contributed by atoms with Gasteiger partial charge in [-0.1, -0.05) is 39.2 Å². The lowest BCUT2D eigenvalue weighted by Crippen LogP contribution is -2.15. The highest BCUT2D eigenvalue weighted by atomic mass is 32.1. The molecule has 0 atom stereocenters. The van der Waals surface area contributed by atoms with E-state index in [1.165, 1.54) is 17.5 Å². The van der Waals surface area contributed by atoms with Crippen LogP contribution in [0.1, 0.15) is 59.1 Å². The molecule has 0 aliphatic heterocycles. The first-order valence-electron chi connectivity index (χ1n) is 7.43. The molecule has 0 saturated carbocycles. The average molecular weight is 289 g/mol. The van der Waals surface area contributed by atoms with Gasteiger partial charge in [0, 0.05) is 10.3 Å². The van der Waals surface area contributed by atoms with Crippen LogP contribution in [-0.4, -0.2) is 0 Å². The van der Waals surface area contributed by atoms with Crippen LogP contribution >= 0.6 is 12.6 Å². The first kappa shape index (κ1) is 17.2. The number of hydrogen-bond donors (Lipinski definition) is 1. The Kier molecular flexibility index (Phi) is 5.78. The van der Waals surface area contributed by atoms with E-state index in [-0.39, 0.29) is 5.41 Å². The molecule has 0 bridgehead atoms. The third-order valence-electron chi connectivity index (χ3n) is 3.79. The van der Waals surface area contributed by atoms with Gasteiger partial charge in [0.05, 0.1) is 0 Å². The van der Waals surface area contributed by atoms with Crippen LogP contribution in [0.25, 0.3) is 0 Å². The Morgan fingerprint density at radius 2 is 1.55 bits per heavy atom. The molecule has 1 aromatic rings. The van der Waals surface area contributed by atoms with Crippen LogP contribution in [0.2, 0.25) is 0 Å². The summed E-state index contributed by atoms with van der Waals surface area (Å²) >= 11 is 4.57. The number of thiol groups is 1. The van der Waals surface area contributed by atoms with E-state index in [1.54, 1.807) is 0 Å². The Balaban J connectivity index is 2.99. The average Bonchev–Trinajstić information content (AvgIpc) is 2.26. The van der Waals surface area contributed by atoms with Crippen LogP contribution in [0.15, 0.2) is 23.1 Å². The van der Waals surface area contributed by atoms with Crippen LogP contribution in [0, 0.1) is 22.7 Å². The third-order valence-corrected chi connectivity index (χ3v) is 4.04. The van der Waals surface area contributed by atoms with Crippen molar-refractivity contribution in [2.24, 2.45) is 10.8 Å². The largest absolute Gasteiger partial charge is 0.143 e. The van der Waals surface area contributed by atoms with Gasteiger partial charge < -0.3 is 0 Å². The highest BCUT2D eigenvalue weighted by molar-refractivity contribution is 7.80. The molecule has 1 rings (SSSR count). The van der Waals surface area contributed by atoms with Crippen LogP contribution in [0.3, 0.4) is 0 Å². The molecule has 20 heavy (non-hydrogen) atoms. The van der Waals surface area contributed by atoms with E-state index < -0.39 is 0 Å². The van der Waals surface area contributed by atoms with Gasteiger partial charge in [0.15, 0.2) is 0 Å². The second-order valence-corrected chi connectivity index (χ2v) is 7.65. The summed E-state index contributed by atoms with van der Waals surface area (Å²) in [5.41, 5.74) is 3.09. The summed E-state index contributed by atoms with van der Waals surface area (Å²) < 4.78 is 0. The van der Waals surface area contributed by atoms with Gasteiger partial charge >= 0.3 is 0 Å². The van der Waals surface area contributed by atoms with Gasteiger partial charge in [0.1, 0.15) is 0 Å². The maximum absolute atomic E-state index is 4.57. The van der Waals surface area contributed by atoms with Crippen molar-refractivity contribution < 1.29 is 0 Å². The molecule has 0 aromatic heterocycles. The molecule has 0 heterocycles. The van der Waals surface area contributed by atoms with Crippen molar-refractivity contribution in [1.29, 1.82) is 0 Å².